The van der Waals surface area contributed by atoms with E-state index in [1.165, 1.54) is 6.20 Å². The molecule has 152 valence electrons. The van der Waals surface area contributed by atoms with Gasteiger partial charge in [0.1, 0.15) is 5.02 Å². The van der Waals surface area contributed by atoms with Crippen LogP contribution in [-0.2, 0) is 9.84 Å². The summed E-state index contributed by atoms with van der Waals surface area (Å²) in [6.07, 6.45) is 5.37. The van der Waals surface area contributed by atoms with Crippen LogP contribution in [0.3, 0.4) is 0 Å². The number of para-hydroxylation sites is 1. The first-order valence-electron chi connectivity index (χ1n) is 9.42. The summed E-state index contributed by atoms with van der Waals surface area (Å²) in [4.78, 5) is 8.92. The monoisotopic (exact) mass is 423 g/mol. The third-order valence-corrected chi connectivity index (χ3v) is 7.40. The summed E-state index contributed by atoms with van der Waals surface area (Å²) in [7, 11) is -3.46. The molecule has 1 fully saturated rings. The molecular formula is C19H26ClN5O2S. The molecule has 9 heteroatoms. The minimum atomic E-state index is -3.46. The van der Waals surface area contributed by atoms with Gasteiger partial charge in [-0.15, -0.1) is 0 Å². The van der Waals surface area contributed by atoms with Crippen LogP contribution < -0.4 is 16.4 Å². The highest BCUT2D eigenvalue weighted by atomic mass is 35.5. The summed E-state index contributed by atoms with van der Waals surface area (Å²) in [5.41, 5.74) is 6.39. The zero-order valence-electron chi connectivity index (χ0n) is 16.0. The van der Waals surface area contributed by atoms with Gasteiger partial charge < -0.3 is 16.4 Å². The van der Waals surface area contributed by atoms with Gasteiger partial charge in [0, 0.05) is 12.1 Å². The molecule has 0 radical (unpaired) electrons. The molecule has 4 N–H and O–H groups in total. The van der Waals surface area contributed by atoms with Gasteiger partial charge in [-0.25, -0.2) is 13.4 Å². The average Bonchev–Trinajstić information content (AvgIpc) is 2.66. The second-order valence-corrected chi connectivity index (χ2v) is 10.2. The fraction of sp³-hybridized carbons (Fsp3) is 0.474. The number of hydrogen-bond acceptors (Lipinski definition) is 7. The van der Waals surface area contributed by atoms with Gasteiger partial charge in [0.25, 0.3) is 0 Å². The summed E-state index contributed by atoms with van der Waals surface area (Å²) in [5.74, 6) is 0.814. The highest BCUT2D eigenvalue weighted by Gasteiger charge is 2.23. The van der Waals surface area contributed by atoms with E-state index in [4.69, 9.17) is 17.3 Å². The number of nitrogens with two attached hydrogens (primary N) is 1. The Morgan fingerprint density at radius 1 is 1.18 bits per heavy atom. The van der Waals surface area contributed by atoms with Crippen molar-refractivity contribution < 1.29 is 8.42 Å². The van der Waals surface area contributed by atoms with Gasteiger partial charge in [0.15, 0.2) is 15.7 Å². The summed E-state index contributed by atoms with van der Waals surface area (Å²) in [5, 5.41) is 6.16. The summed E-state index contributed by atoms with van der Waals surface area (Å²) >= 11 is 6.26. The highest BCUT2D eigenvalue weighted by Crippen LogP contribution is 2.30. The molecule has 1 heterocycles. The minimum absolute atomic E-state index is 0.218. The largest absolute Gasteiger partial charge is 0.351 e. The Bertz CT molecular complexity index is 928. The summed E-state index contributed by atoms with van der Waals surface area (Å²) < 4.78 is 25.3. The van der Waals surface area contributed by atoms with Gasteiger partial charge in [-0.1, -0.05) is 23.7 Å². The zero-order valence-corrected chi connectivity index (χ0v) is 17.6. The average molecular weight is 424 g/mol. The molecule has 0 atom stereocenters. The Balaban J connectivity index is 1.84. The molecule has 1 aliphatic rings. The van der Waals surface area contributed by atoms with E-state index in [9.17, 15) is 8.42 Å². The summed E-state index contributed by atoms with van der Waals surface area (Å²) in [6.45, 7) is 3.31. The molecule has 0 unspecified atom stereocenters. The van der Waals surface area contributed by atoms with Crippen LogP contribution in [0.4, 0.5) is 17.5 Å². The van der Waals surface area contributed by atoms with Crippen molar-refractivity contribution in [1.29, 1.82) is 0 Å². The fourth-order valence-electron chi connectivity index (χ4n) is 3.17. The number of benzene rings is 1. The Hall–Kier alpha value is -1.90. The topological polar surface area (TPSA) is 110 Å². The molecule has 7 nitrogen and oxygen atoms in total. The van der Waals surface area contributed by atoms with Crippen molar-refractivity contribution in [1.82, 2.24) is 9.97 Å². The normalized spacial score (nSPS) is 20.2. The maximum absolute atomic E-state index is 12.7. The van der Waals surface area contributed by atoms with E-state index in [0.29, 0.717) is 22.5 Å². The molecule has 0 saturated heterocycles. The van der Waals surface area contributed by atoms with Gasteiger partial charge in [0.2, 0.25) is 5.95 Å². The predicted molar refractivity (Wildman–Crippen MR) is 113 cm³/mol. The van der Waals surface area contributed by atoms with Crippen LogP contribution in [0.1, 0.15) is 39.5 Å². The van der Waals surface area contributed by atoms with Gasteiger partial charge in [-0.3, -0.25) is 0 Å². The van der Waals surface area contributed by atoms with Gasteiger partial charge in [-0.05, 0) is 51.7 Å². The second kappa shape index (κ2) is 8.63. The van der Waals surface area contributed by atoms with Crippen LogP contribution in [0.25, 0.3) is 0 Å². The molecule has 2 aromatic rings. The number of nitrogens with zero attached hydrogens (tertiary/aromatic N) is 2. The number of anilines is 3. The zero-order chi connectivity index (χ0) is 20.3. The quantitative estimate of drug-likeness (QED) is 0.649. The lowest BCUT2D eigenvalue weighted by Gasteiger charge is -2.26. The SMILES string of the molecule is CC(C)S(=O)(=O)c1ccccc1Nc1nc(NC2CCC(N)CC2)ncc1Cl. The Labute approximate surface area is 171 Å². The van der Waals surface area contributed by atoms with Gasteiger partial charge in [-0.2, -0.15) is 4.98 Å². The van der Waals surface area contributed by atoms with E-state index in [2.05, 4.69) is 20.6 Å². The van der Waals surface area contributed by atoms with Crippen molar-refractivity contribution in [2.24, 2.45) is 5.73 Å². The lowest BCUT2D eigenvalue weighted by atomic mass is 9.92. The van der Waals surface area contributed by atoms with Gasteiger partial charge >= 0.3 is 0 Å². The van der Waals surface area contributed by atoms with E-state index < -0.39 is 15.1 Å². The van der Waals surface area contributed by atoms with E-state index in [-0.39, 0.29) is 17.0 Å². The molecule has 0 bridgehead atoms. The third kappa shape index (κ3) is 4.74. The Morgan fingerprint density at radius 3 is 2.54 bits per heavy atom. The molecule has 1 aliphatic carbocycles. The smallest absolute Gasteiger partial charge is 0.224 e. The molecule has 0 spiro atoms. The number of halogens is 1. The van der Waals surface area contributed by atoms with Crippen LogP contribution in [0, 0.1) is 0 Å². The van der Waals surface area contributed by atoms with Crippen LogP contribution in [-0.4, -0.2) is 35.7 Å². The highest BCUT2D eigenvalue weighted by molar-refractivity contribution is 7.92. The lowest BCUT2D eigenvalue weighted by Crippen LogP contribution is -2.33. The van der Waals surface area contributed by atoms with E-state index >= 15 is 0 Å². The van der Waals surface area contributed by atoms with E-state index in [1.54, 1.807) is 38.1 Å². The number of nitrogens with one attached hydrogen (secondary N) is 2. The Kier molecular flexibility index (Phi) is 6.42. The van der Waals surface area contributed by atoms with Crippen molar-refractivity contribution in [3.63, 3.8) is 0 Å². The van der Waals surface area contributed by atoms with Crippen LogP contribution >= 0.6 is 11.6 Å². The van der Waals surface area contributed by atoms with Crippen LogP contribution in [0.2, 0.25) is 5.02 Å². The standard InChI is InChI=1S/C19H26ClN5O2S/c1-12(2)28(26,27)17-6-4-3-5-16(17)24-18-15(20)11-22-19(25-18)23-14-9-7-13(21)8-10-14/h3-6,11-14H,7-10,21H2,1-2H3,(H2,22,23,24,25). The van der Waals surface area contributed by atoms with Crippen molar-refractivity contribution >= 4 is 38.9 Å². The number of sulfone groups is 1. The van der Waals surface area contributed by atoms with Crippen molar-refractivity contribution in [3.8, 4) is 0 Å². The number of hydrogen-bond donors (Lipinski definition) is 3. The number of rotatable bonds is 6. The fourth-order valence-corrected chi connectivity index (χ4v) is 4.51. The molecule has 1 aromatic carbocycles. The van der Waals surface area contributed by atoms with E-state index in [1.807, 2.05) is 0 Å². The van der Waals surface area contributed by atoms with Gasteiger partial charge in [0.05, 0.1) is 22.0 Å². The first kappa shape index (κ1) is 20.8. The van der Waals surface area contributed by atoms with Crippen LogP contribution in [0.15, 0.2) is 35.4 Å². The first-order chi connectivity index (χ1) is 13.3. The lowest BCUT2D eigenvalue weighted by molar-refractivity contribution is 0.410. The molecule has 3 rings (SSSR count). The second-order valence-electron chi connectivity index (χ2n) is 7.36. The maximum atomic E-state index is 12.7. The van der Waals surface area contributed by atoms with Crippen molar-refractivity contribution in [3.05, 3.63) is 35.5 Å². The first-order valence-corrected chi connectivity index (χ1v) is 11.3. The third-order valence-electron chi connectivity index (χ3n) is 4.92. The minimum Gasteiger partial charge on any atom is -0.351 e. The molecule has 0 aliphatic heterocycles. The number of aromatic nitrogens is 2. The van der Waals surface area contributed by atoms with Crippen molar-refractivity contribution in [2.45, 2.75) is 61.8 Å². The molecule has 28 heavy (non-hydrogen) atoms. The maximum Gasteiger partial charge on any atom is 0.224 e. The van der Waals surface area contributed by atoms with Crippen molar-refractivity contribution in [2.75, 3.05) is 10.6 Å². The van der Waals surface area contributed by atoms with Crippen LogP contribution in [0.5, 0.6) is 0 Å². The molecule has 0 amide bonds. The molecule has 1 saturated carbocycles. The Morgan fingerprint density at radius 2 is 1.86 bits per heavy atom. The molecule has 1 aromatic heterocycles. The molecular weight excluding hydrogens is 398 g/mol. The van der Waals surface area contributed by atoms with E-state index in [0.717, 1.165) is 25.7 Å². The summed E-state index contributed by atoms with van der Waals surface area (Å²) in [6, 6.07) is 7.27. The predicted octanol–water partition coefficient (Wildman–Crippen LogP) is 3.74.